The number of aromatic carboxylic acids is 1. The van der Waals surface area contributed by atoms with Gasteiger partial charge in [0.1, 0.15) is 17.2 Å². The maximum absolute atomic E-state index is 13.2. The fourth-order valence-electron chi connectivity index (χ4n) is 3.61. The number of methoxy groups -OCH3 is 1. The molecule has 1 atom stereocenters. The van der Waals surface area contributed by atoms with Crippen LogP contribution in [0.4, 0.5) is 5.69 Å². The van der Waals surface area contributed by atoms with Gasteiger partial charge in [0.05, 0.1) is 31.6 Å². The average molecular weight is 631 g/mol. The van der Waals surface area contributed by atoms with Crippen molar-refractivity contribution in [2.24, 2.45) is 11.1 Å². The molecule has 236 valence electrons. The summed E-state index contributed by atoms with van der Waals surface area (Å²) in [6, 6.07) is 9.71. The number of amides is 2. The molecule has 16 heteroatoms. The molecule has 0 saturated heterocycles. The number of nitrogens with zero attached hydrogens (tertiary/aromatic N) is 2. The molecular formula is C28H34N6O9S. The Balaban J connectivity index is 0.00000125. The molecule has 2 amide bonds. The molecule has 0 spiro atoms. The molecule has 44 heavy (non-hydrogen) atoms. The Bertz CT molecular complexity index is 1640. The van der Waals surface area contributed by atoms with Crippen LogP contribution >= 0.6 is 0 Å². The first kappa shape index (κ1) is 35.3. The van der Waals surface area contributed by atoms with Crippen LogP contribution in [0.2, 0.25) is 0 Å². The Kier molecular flexibility index (Phi) is 11.6. The zero-order valence-electron chi connectivity index (χ0n) is 24.6. The number of aliphatic hydroxyl groups excluding tert-OH is 1. The second-order valence-electron chi connectivity index (χ2n) is 10.4. The summed E-state index contributed by atoms with van der Waals surface area (Å²) in [5.74, 6) is -2.67. The number of amidine groups is 1. The number of nitrogens with two attached hydrogens (primary N) is 1. The minimum absolute atomic E-state index is 0.0563. The van der Waals surface area contributed by atoms with Crippen LogP contribution in [0.3, 0.4) is 0 Å². The van der Waals surface area contributed by atoms with E-state index in [2.05, 4.69) is 20.6 Å². The predicted molar refractivity (Wildman–Crippen MR) is 162 cm³/mol. The Labute approximate surface area is 253 Å². The number of aromatic nitrogens is 2. The number of nitrogens with one attached hydrogen (secondary N) is 3. The first-order valence-corrected chi connectivity index (χ1v) is 14.6. The number of carbonyl (C=O) groups excluding carboxylic acids is 2. The molecule has 0 aliphatic rings. The minimum Gasteiger partial charge on any atom is -0.481 e. The summed E-state index contributed by atoms with van der Waals surface area (Å²) in [4.78, 5) is 46.7. The van der Waals surface area contributed by atoms with Gasteiger partial charge in [-0.1, -0.05) is 20.8 Å². The van der Waals surface area contributed by atoms with Crippen LogP contribution in [-0.4, -0.2) is 82.8 Å². The van der Waals surface area contributed by atoms with Crippen molar-refractivity contribution in [3.63, 3.8) is 0 Å². The van der Waals surface area contributed by atoms with Gasteiger partial charge in [-0.15, -0.1) is 0 Å². The van der Waals surface area contributed by atoms with Crippen LogP contribution in [0.15, 0.2) is 48.7 Å². The van der Waals surface area contributed by atoms with Gasteiger partial charge in [-0.25, -0.2) is 9.78 Å². The first-order chi connectivity index (χ1) is 20.3. The second kappa shape index (κ2) is 14.5. The summed E-state index contributed by atoms with van der Waals surface area (Å²) < 4.78 is 31.0. The molecule has 15 nitrogen and oxygen atoms in total. The van der Waals surface area contributed by atoms with Gasteiger partial charge in [-0.2, -0.15) is 8.42 Å². The molecule has 1 unspecified atom stereocenters. The monoisotopic (exact) mass is 630 g/mol. The average Bonchev–Trinajstić information content (AvgIpc) is 2.93. The van der Waals surface area contributed by atoms with Crippen LogP contribution in [-0.2, 0) is 10.1 Å². The second-order valence-corrected chi connectivity index (χ2v) is 11.9. The molecule has 0 aliphatic carbocycles. The number of carboxylic acid groups (broad SMARTS) is 1. The standard InChI is InChI=1S/C27H30N6O6.CH4O3S/c1-27(2,3)20(13-34)32-24(35)19-11-17(26(37)38)18(12-30-19)16-9-10-21(39-4)33-22(16)25(36)31-15-7-5-14(6-8-15)23(28)29;1-5(2,3)4/h5-12,20,34H,13H2,1-4H3,(H3,28,29)(H,31,36)(H,32,35)(H,37,38);1H3,(H,2,3,4). The summed E-state index contributed by atoms with van der Waals surface area (Å²) in [5.41, 5.74) is 5.50. The third kappa shape index (κ3) is 10.1. The molecule has 0 radical (unpaired) electrons. The van der Waals surface area contributed by atoms with Crippen molar-refractivity contribution in [3.8, 4) is 17.0 Å². The van der Waals surface area contributed by atoms with Gasteiger partial charge in [-0.05, 0) is 41.8 Å². The third-order valence-electron chi connectivity index (χ3n) is 5.94. The SMILES string of the molecule is COc1ccc(-c2cnc(C(=O)NC(CO)C(C)(C)C)cc2C(=O)O)c(C(=O)Nc2ccc(C(=N)N)cc2)n1.CS(=O)(=O)O. The number of nitrogen functional groups attached to an aromatic ring is 1. The molecule has 1 aromatic carbocycles. The number of benzene rings is 1. The highest BCUT2D eigenvalue weighted by Crippen LogP contribution is 2.29. The lowest BCUT2D eigenvalue weighted by atomic mass is 9.87. The summed E-state index contributed by atoms with van der Waals surface area (Å²) in [6.07, 6.45) is 1.90. The Hall–Kier alpha value is -4.93. The number of ether oxygens (including phenoxy) is 1. The fourth-order valence-corrected chi connectivity index (χ4v) is 3.61. The van der Waals surface area contributed by atoms with E-state index in [0.29, 0.717) is 17.5 Å². The van der Waals surface area contributed by atoms with E-state index < -0.39 is 39.4 Å². The number of aliphatic hydroxyl groups is 1. The lowest BCUT2D eigenvalue weighted by Crippen LogP contribution is -2.46. The Morgan fingerprint density at radius 3 is 2.14 bits per heavy atom. The van der Waals surface area contributed by atoms with Gasteiger partial charge in [0.25, 0.3) is 21.9 Å². The molecule has 0 saturated carbocycles. The number of hydrogen-bond acceptors (Lipinski definition) is 10. The zero-order chi connectivity index (χ0) is 33.4. The normalized spacial score (nSPS) is 11.8. The van der Waals surface area contributed by atoms with E-state index >= 15 is 0 Å². The summed E-state index contributed by atoms with van der Waals surface area (Å²) in [6.45, 7) is 5.21. The van der Waals surface area contributed by atoms with E-state index in [0.717, 1.165) is 6.07 Å². The largest absolute Gasteiger partial charge is 0.481 e. The van der Waals surface area contributed by atoms with Crippen molar-refractivity contribution in [1.29, 1.82) is 5.41 Å². The van der Waals surface area contributed by atoms with E-state index in [1.807, 2.05) is 20.8 Å². The quantitative estimate of drug-likeness (QED) is 0.102. The van der Waals surface area contributed by atoms with Crippen molar-refractivity contribution in [3.05, 3.63) is 71.2 Å². The smallest absolute Gasteiger partial charge is 0.336 e. The van der Waals surface area contributed by atoms with Crippen molar-refractivity contribution in [2.75, 3.05) is 25.3 Å². The van der Waals surface area contributed by atoms with Crippen LogP contribution in [0, 0.1) is 10.8 Å². The first-order valence-electron chi connectivity index (χ1n) is 12.7. The fraction of sp³-hybridized carbons (Fsp3) is 0.286. The molecule has 8 N–H and O–H groups in total. The van der Waals surface area contributed by atoms with Crippen LogP contribution in [0.5, 0.6) is 5.88 Å². The number of pyridine rings is 2. The van der Waals surface area contributed by atoms with Gasteiger partial charge in [-0.3, -0.25) is 24.5 Å². The lowest BCUT2D eigenvalue weighted by Gasteiger charge is -2.29. The van der Waals surface area contributed by atoms with Gasteiger partial charge < -0.3 is 31.3 Å². The number of anilines is 1. The van der Waals surface area contributed by atoms with E-state index in [9.17, 15) is 33.0 Å². The van der Waals surface area contributed by atoms with Gasteiger partial charge >= 0.3 is 5.97 Å². The maximum atomic E-state index is 13.2. The zero-order valence-corrected chi connectivity index (χ0v) is 25.4. The predicted octanol–water partition coefficient (Wildman–Crippen LogP) is 2.03. The molecule has 0 fully saturated rings. The Morgan fingerprint density at radius 1 is 1.07 bits per heavy atom. The summed E-state index contributed by atoms with van der Waals surface area (Å²) >= 11 is 0. The van der Waals surface area contributed by atoms with Gasteiger partial charge in [0.15, 0.2) is 0 Å². The van der Waals surface area contributed by atoms with E-state index in [1.54, 1.807) is 24.3 Å². The van der Waals surface area contributed by atoms with E-state index in [1.165, 1.54) is 25.4 Å². The molecule has 0 aliphatic heterocycles. The van der Waals surface area contributed by atoms with Crippen molar-refractivity contribution in [1.82, 2.24) is 15.3 Å². The number of hydrogen-bond donors (Lipinski definition) is 7. The van der Waals surface area contributed by atoms with Gasteiger partial charge in [0, 0.05) is 34.6 Å². The summed E-state index contributed by atoms with van der Waals surface area (Å²) in [5, 5.41) is 32.5. The molecule has 2 aromatic heterocycles. The molecule has 3 rings (SSSR count). The molecule has 3 aromatic rings. The third-order valence-corrected chi connectivity index (χ3v) is 5.94. The highest BCUT2D eigenvalue weighted by Gasteiger charge is 2.28. The van der Waals surface area contributed by atoms with E-state index in [4.69, 9.17) is 20.4 Å². The molecule has 0 bridgehead atoms. The molecule has 2 heterocycles. The molecular weight excluding hydrogens is 596 g/mol. The number of carboxylic acids is 1. The van der Waals surface area contributed by atoms with Crippen LogP contribution in [0.25, 0.3) is 11.1 Å². The van der Waals surface area contributed by atoms with Crippen molar-refractivity contribution >= 4 is 39.4 Å². The number of rotatable bonds is 9. The maximum Gasteiger partial charge on any atom is 0.336 e. The van der Waals surface area contributed by atoms with Crippen molar-refractivity contribution in [2.45, 2.75) is 26.8 Å². The highest BCUT2D eigenvalue weighted by molar-refractivity contribution is 7.85. The lowest BCUT2D eigenvalue weighted by molar-refractivity contribution is 0.0697. The van der Waals surface area contributed by atoms with Crippen molar-refractivity contribution < 1.29 is 42.3 Å². The van der Waals surface area contributed by atoms with Crippen LogP contribution in [0.1, 0.15) is 57.7 Å². The Morgan fingerprint density at radius 2 is 1.66 bits per heavy atom. The topological polar surface area (TPSA) is 255 Å². The highest BCUT2D eigenvalue weighted by atomic mass is 32.2. The summed E-state index contributed by atoms with van der Waals surface area (Å²) in [7, 11) is -2.29. The van der Waals surface area contributed by atoms with Crippen LogP contribution < -0.4 is 21.1 Å². The van der Waals surface area contributed by atoms with Gasteiger partial charge in [0.2, 0.25) is 5.88 Å². The van der Waals surface area contributed by atoms with E-state index in [-0.39, 0.29) is 46.4 Å². The minimum atomic E-state index is -3.67. The number of carbonyl (C=O) groups is 3.